The second-order valence-corrected chi connectivity index (χ2v) is 7.63. The van der Waals surface area contributed by atoms with E-state index >= 15 is 0 Å². The van der Waals surface area contributed by atoms with Crippen LogP contribution in [-0.2, 0) is 17.9 Å². The van der Waals surface area contributed by atoms with Gasteiger partial charge in [0.05, 0.1) is 42.1 Å². The first-order valence-electron chi connectivity index (χ1n) is 10.1. The van der Waals surface area contributed by atoms with E-state index in [1.807, 2.05) is 42.6 Å². The van der Waals surface area contributed by atoms with E-state index in [0.717, 1.165) is 22.6 Å². The van der Waals surface area contributed by atoms with Gasteiger partial charge in [-0.25, -0.2) is 14.6 Å². The summed E-state index contributed by atoms with van der Waals surface area (Å²) in [5.41, 5.74) is 12.0. The molecule has 4 rings (SSSR count). The molecule has 0 radical (unpaired) electrons. The standard InChI is InChI=1S/C23H25N7O/c1-15(2)16-6-4-7-17(10-16)20-11-21(27-23(24)26-20)22-13-30(29-28-22)12-18-8-5-9-19(25-18)14-31-3/h4-11,13,15H,12,14H2,1-3H3,(H2,24,26,27). The molecule has 0 aliphatic carbocycles. The molecule has 4 aromatic rings. The lowest BCUT2D eigenvalue weighted by Crippen LogP contribution is -2.04. The third kappa shape index (κ3) is 4.92. The Labute approximate surface area is 181 Å². The maximum Gasteiger partial charge on any atom is 0.221 e. The molecule has 3 aromatic heterocycles. The summed E-state index contributed by atoms with van der Waals surface area (Å²) in [6.07, 6.45) is 1.83. The first-order chi connectivity index (χ1) is 15.0. The van der Waals surface area contributed by atoms with Crippen molar-refractivity contribution in [3.8, 4) is 22.6 Å². The van der Waals surface area contributed by atoms with Crippen LogP contribution in [0.25, 0.3) is 22.6 Å². The fourth-order valence-corrected chi connectivity index (χ4v) is 3.31. The molecule has 8 heteroatoms. The Bertz CT molecular complexity index is 1190. The van der Waals surface area contributed by atoms with E-state index in [1.165, 1.54) is 5.56 Å². The molecule has 1 aromatic carbocycles. The Morgan fingerprint density at radius 2 is 1.71 bits per heavy atom. The van der Waals surface area contributed by atoms with Crippen molar-refractivity contribution in [2.75, 3.05) is 12.8 Å². The van der Waals surface area contributed by atoms with Gasteiger partial charge in [-0.2, -0.15) is 0 Å². The van der Waals surface area contributed by atoms with Crippen molar-refractivity contribution in [3.63, 3.8) is 0 Å². The minimum atomic E-state index is 0.200. The molecular formula is C23H25N7O. The van der Waals surface area contributed by atoms with Crippen LogP contribution in [0.4, 0.5) is 5.95 Å². The first-order valence-corrected chi connectivity index (χ1v) is 10.1. The summed E-state index contributed by atoms with van der Waals surface area (Å²) in [7, 11) is 1.65. The zero-order chi connectivity index (χ0) is 21.8. The number of benzene rings is 1. The molecule has 0 aliphatic heterocycles. The maximum atomic E-state index is 6.01. The second-order valence-electron chi connectivity index (χ2n) is 7.63. The highest BCUT2D eigenvalue weighted by molar-refractivity contribution is 5.67. The van der Waals surface area contributed by atoms with Crippen LogP contribution >= 0.6 is 0 Å². The minimum Gasteiger partial charge on any atom is -0.378 e. The molecule has 3 heterocycles. The molecule has 0 unspecified atom stereocenters. The number of nitrogens with zero attached hydrogens (tertiary/aromatic N) is 6. The van der Waals surface area contributed by atoms with Crippen molar-refractivity contribution in [2.24, 2.45) is 0 Å². The van der Waals surface area contributed by atoms with E-state index in [-0.39, 0.29) is 5.95 Å². The number of nitrogen functional groups attached to an aromatic ring is 1. The van der Waals surface area contributed by atoms with E-state index in [1.54, 1.807) is 11.8 Å². The molecule has 0 spiro atoms. The van der Waals surface area contributed by atoms with Crippen molar-refractivity contribution in [1.82, 2.24) is 29.9 Å². The summed E-state index contributed by atoms with van der Waals surface area (Å²) in [4.78, 5) is 13.4. The van der Waals surface area contributed by atoms with Gasteiger partial charge in [0, 0.05) is 12.7 Å². The molecular weight excluding hydrogens is 390 g/mol. The van der Waals surface area contributed by atoms with E-state index in [2.05, 4.69) is 51.2 Å². The number of methoxy groups -OCH3 is 1. The average Bonchev–Trinajstić information content (AvgIpc) is 3.22. The molecule has 0 fully saturated rings. The van der Waals surface area contributed by atoms with Gasteiger partial charge < -0.3 is 10.5 Å². The van der Waals surface area contributed by atoms with Gasteiger partial charge in [-0.3, -0.25) is 4.98 Å². The number of hydrogen-bond donors (Lipinski definition) is 1. The smallest absolute Gasteiger partial charge is 0.221 e. The topological polar surface area (TPSA) is 105 Å². The molecule has 158 valence electrons. The fourth-order valence-electron chi connectivity index (χ4n) is 3.31. The normalized spacial score (nSPS) is 11.2. The lowest BCUT2D eigenvalue weighted by molar-refractivity contribution is 0.181. The summed E-state index contributed by atoms with van der Waals surface area (Å²) in [5, 5.41) is 8.50. The molecule has 8 nitrogen and oxygen atoms in total. The van der Waals surface area contributed by atoms with E-state index in [0.29, 0.717) is 30.5 Å². The number of aromatic nitrogens is 6. The predicted octanol–water partition coefficient (Wildman–Crippen LogP) is 3.70. The van der Waals surface area contributed by atoms with Gasteiger partial charge in [-0.1, -0.05) is 43.3 Å². The first kappa shape index (κ1) is 20.6. The summed E-state index contributed by atoms with van der Waals surface area (Å²) in [5.74, 6) is 0.625. The number of rotatable bonds is 7. The molecule has 0 bridgehead atoms. The number of hydrogen-bond acceptors (Lipinski definition) is 7. The van der Waals surface area contributed by atoms with Crippen molar-refractivity contribution < 1.29 is 4.74 Å². The third-order valence-electron chi connectivity index (χ3n) is 4.87. The zero-order valence-electron chi connectivity index (χ0n) is 17.9. The largest absolute Gasteiger partial charge is 0.378 e. The molecule has 2 N–H and O–H groups in total. The fraction of sp³-hybridized carbons (Fsp3) is 0.261. The maximum absolute atomic E-state index is 6.01. The Kier molecular flexibility index (Phi) is 5.99. The minimum absolute atomic E-state index is 0.200. The molecule has 0 amide bonds. The number of nitrogens with two attached hydrogens (primary N) is 1. The van der Waals surface area contributed by atoms with Crippen LogP contribution in [0.15, 0.2) is 54.7 Å². The van der Waals surface area contributed by atoms with Gasteiger partial charge >= 0.3 is 0 Å². The van der Waals surface area contributed by atoms with Crippen LogP contribution in [0.5, 0.6) is 0 Å². The van der Waals surface area contributed by atoms with Crippen molar-refractivity contribution in [1.29, 1.82) is 0 Å². The Morgan fingerprint density at radius 3 is 2.52 bits per heavy atom. The predicted molar refractivity (Wildman–Crippen MR) is 119 cm³/mol. The van der Waals surface area contributed by atoms with Gasteiger partial charge in [0.1, 0.15) is 5.69 Å². The van der Waals surface area contributed by atoms with Crippen LogP contribution in [-0.4, -0.2) is 37.1 Å². The lowest BCUT2D eigenvalue weighted by Gasteiger charge is -2.09. The van der Waals surface area contributed by atoms with Crippen LogP contribution in [0.1, 0.15) is 36.7 Å². The SMILES string of the molecule is COCc1cccc(Cn2cc(-c3cc(-c4cccc(C(C)C)c4)nc(N)n3)nn2)n1. The highest BCUT2D eigenvalue weighted by Gasteiger charge is 2.12. The summed E-state index contributed by atoms with van der Waals surface area (Å²) in [6, 6.07) is 16.0. The Hall–Kier alpha value is -3.65. The quantitative estimate of drug-likeness (QED) is 0.491. The molecule has 31 heavy (non-hydrogen) atoms. The molecule has 0 saturated heterocycles. The molecule has 0 aliphatic rings. The van der Waals surface area contributed by atoms with Crippen molar-refractivity contribution in [2.45, 2.75) is 32.9 Å². The van der Waals surface area contributed by atoms with Gasteiger partial charge in [-0.05, 0) is 35.7 Å². The van der Waals surface area contributed by atoms with E-state index < -0.39 is 0 Å². The monoisotopic (exact) mass is 415 g/mol. The zero-order valence-corrected chi connectivity index (χ0v) is 17.9. The lowest BCUT2D eigenvalue weighted by atomic mass is 9.99. The van der Waals surface area contributed by atoms with E-state index in [4.69, 9.17) is 10.5 Å². The molecule has 0 saturated carbocycles. The highest BCUT2D eigenvalue weighted by Crippen LogP contribution is 2.26. The van der Waals surface area contributed by atoms with Crippen LogP contribution in [0, 0.1) is 0 Å². The summed E-state index contributed by atoms with van der Waals surface area (Å²) in [6.45, 7) is 5.29. The van der Waals surface area contributed by atoms with E-state index in [9.17, 15) is 0 Å². The van der Waals surface area contributed by atoms with Crippen LogP contribution in [0.2, 0.25) is 0 Å². The second kappa shape index (κ2) is 9.01. The summed E-state index contributed by atoms with van der Waals surface area (Å²) < 4.78 is 6.88. The van der Waals surface area contributed by atoms with Gasteiger partial charge in [-0.15, -0.1) is 5.10 Å². The third-order valence-corrected chi connectivity index (χ3v) is 4.87. The van der Waals surface area contributed by atoms with Crippen LogP contribution < -0.4 is 5.73 Å². The number of pyridine rings is 1. The van der Waals surface area contributed by atoms with Gasteiger partial charge in [0.2, 0.25) is 5.95 Å². The van der Waals surface area contributed by atoms with Crippen LogP contribution in [0.3, 0.4) is 0 Å². The average molecular weight is 416 g/mol. The highest BCUT2D eigenvalue weighted by atomic mass is 16.5. The van der Waals surface area contributed by atoms with Crippen molar-refractivity contribution >= 4 is 5.95 Å². The number of ether oxygens (including phenoxy) is 1. The molecule has 0 atom stereocenters. The summed E-state index contributed by atoms with van der Waals surface area (Å²) >= 11 is 0. The Morgan fingerprint density at radius 1 is 0.935 bits per heavy atom. The number of anilines is 1. The Balaban J connectivity index is 1.60. The van der Waals surface area contributed by atoms with Gasteiger partial charge in [0.15, 0.2) is 0 Å². The van der Waals surface area contributed by atoms with Crippen molar-refractivity contribution in [3.05, 3.63) is 71.7 Å². The van der Waals surface area contributed by atoms with Gasteiger partial charge in [0.25, 0.3) is 0 Å².